The Morgan fingerprint density at radius 2 is 1.48 bits per heavy atom. The Labute approximate surface area is 146 Å². The lowest BCUT2D eigenvalue weighted by Gasteiger charge is -2.24. The first-order valence-corrected chi connectivity index (χ1v) is 9.45. The number of carbonyl (C=O) groups is 2. The minimum atomic E-state index is -3.67. The average molecular weight is 358 g/mol. The molecular weight excluding hydrogens is 340 g/mol. The van der Waals surface area contributed by atoms with Crippen LogP contribution < -0.4 is 9.62 Å². The number of hydrogen-bond acceptors (Lipinski definition) is 4. The van der Waals surface area contributed by atoms with Gasteiger partial charge < -0.3 is 0 Å². The summed E-state index contributed by atoms with van der Waals surface area (Å²) in [4.78, 5) is 25.1. The third-order valence-electron chi connectivity index (χ3n) is 3.99. The Hall–Kier alpha value is -2.51. The largest absolute Gasteiger partial charge is 0.274 e. The van der Waals surface area contributed by atoms with E-state index in [1.807, 2.05) is 30.3 Å². The number of carbonyl (C=O) groups excluding carboxylic acids is 2. The topological polar surface area (TPSA) is 83.6 Å². The van der Waals surface area contributed by atoms with Crippen molar-refractivity contribution in [2.24, 2.45) is 0 Å². The number of nitrogens with zero attached hydrogens (tertiary/aromatic N) is 1. The summed E-state index contributed by atoms with van der Waals surface area (Å²) >= 11 is 0. The van der Waals surface area contributed by atoms with Crippen LogP contribution in [0.1, 0.15) is 24.8 Å². The lowest BCUT2D eigenvalue weighted by molar-refractivity contribution is -0.129. The van der Waals surface area contributed by atoms with Gasteiger partial charge in [-0.1, -0.05) is 30.3 Å². The summed E-state index contributed by atoms with van der Waals surface area (Å²) in [6.45, 7) is 0.189. The van der Waals surface area contributed by atoms with Crippen LogP contribution in [0.15, 0.2) is 59.5 Å². The SMILES string of the molecule is O=C1CCCC(=O)N1c1ccc(S(=O)(=O)NCc2ccccc2)cc1. The summed E-state index contributed by atoms with van der Waals surface area (Å²) in [5.74, 6) is -0.511. The Bertz CT molecular complexity index is 861. The van der Waals surface area contributed by atoms with Crippen molar-refractivity contribution < 1.29 is 18.0 Å². The van der Waals surface area contributed by atoms with Gasteiger partial charge in [0.1, 0.15) is 0 Å². The molecule has 0 spiro atoms. The highest BCUT2D eigenvalue weighted by Crippen LogP contribution is 2.23. The van der Waals surface area contributed by atoms with Crippen LogP contribution >= 0.6 is 0 Å². The van der Waals surface area contributed by atoms with E-state index in [2.05, 4.69) is 4.72 Å². The molecule has 6 nitrogen and oxygen atoms in total. The van der Waals surface area contributed by atoms with E-state index >= 15 is 0 Å². The summed E-state index contributed by atoms with van der Waals surface area (Å²) < 4.78 is 27.3. The molecule has 2 aromatic carbocycles. The van der Waals surface area contributed by atoms with E-state index in [4.69, 9.17) is 0 Å². The van der Waals surface area contributed by atoms with Crippen molar-refractivity contribution in [2.45, 2.75) is 30.7 Å². The lowest BCUT2D eigenvalue weighted by Crippen LogP contribution is -2.40. The monoisotopic (exact) mass is 358 g/mol. The number of piperidine rings is 1. The molecular formula is C18H18N2O4S. The predicted molar refractivity (Wildman–Crippen MR) is 93.3 cm³/mol. The average Bonchev–Trinajstić information content (AvgIpc) is 2.61. The molecule has 1 heterocycles. The zero-order chi connectivity index (χ0) is 17.9. The van der Waals surface area contributed by atoms with Gasteiger partial charge in [-0.3, -0.25) is 14.5 Å². The van der Waals surface area contributed by atoms with Crippen LogP contribution in [0, 0.1) is 0 Å². The minimum Gasteiger partial charge on any atom is -0.274 e. The van der Waals surface area contributed by atoms with Gasteiger partial charge in [0.15, 0.2) is 0 Å². The van der Waals surface area contributed by atoms with Crippen LogP contribution in [0.4, 0.5) is 5.69 Å². The van der Waals surface area contributed by atoms with Gasteiger partial charge in [0.25, 0.3) is 0 Å². The predicted octanol–water partition coefficient (Wildman–Crippen LogP) is 2.21. The van der Waals surface area contributed by atoms with Crippen molar-refractivity contribution in [3.8, 4) is 0 Å². The van der Waals surface area contributed by atoms with Gasteiger partial charge in [-0.2, -0.15) is 0 Å². The summed E-state index contributed by atoms with van der Waals surface area (Å²) in [5, 5.41) is 0. The van der Waals surface area contributed by atoms with E-state index in [9.17, 15) is 18.0 Å². The van der Waals surface area contributed by atoms with Gasteiger partial charge in [0.05, 0.1) is 10.6 Å². The maximum atomic E-state index is 12.4. The Morgan fingerprint density at radius 3 is 2.08 bits per heavy atom. The summed E-state index contributed by atoms with van der Waals surface area (Å²) in [7, 11) is -3.67. The Balaban J connectivity index is 1.75. The molecule has 0 bridgehead atoms. The molecule has 0 atom stereocenters. The fourth-order valence-electron chi connectivity index (χ4n) is 2.67. The van der Waals surface area contributed by atoms with E-state index in [0.29, 0.717) is 24.9 Å². The van der Waals surface area contributed by atoms with E-state index in [1.165, 1.54) is 24.3 Å². The zero-order valence-electron chi connectivity index (χ0n) is 13.5. The molecule has 3 rings (SSSR count). The molecule has 2 amide bonds. The van der Waals surface area contributed by atoms with Crippen LogP contribution in [0.5, 0.6) is 0 Å². The molecule has 1 aliphatic heterocycles. The van der Waals surface area contributed by atoms with Crippen LogP contribution in [-0.4, -0.2) is 20.2 Å². The second kappa shape index (κ2) is 7.16. The van der Waals surface area contributed by atoms with Crippen molar-refractivity contribution in [3.05, 3.63) is 60.2 Å². The number of rotatable bonds is 5. The smallest absolute Gasteiger partial charge is 0.240 e. The number of imide groups is 1. The van der Waals surface area contributed by atoms with E-state index in [1.54, 1.807) is 0 Å². The quantitative estimate of drug-likeness (QED) is 0.831. The van der Waals surface area contributed by atoms with E-state index < -0.39 is 10.0 Å². The summed E-state index contributed by atoms with van der Waals surface area (Å²) in [6, 6.07) is 15.0. The third-order valence-corrected chi connectivity index (χ3v) is 5.41. The molecule has 0 aromatic heterocycles. The number of amides is 2. The van der Waals surface area contributed by atoms with Crippen LogP contribution in [0.2, 0.25) is 0 Å². The van der Waals surface area contributed by atoms with Crippen molar-refractivity contribution >= 4 is 27.5 Å². The molecule has 7 heteroatoms. The molecule has 0 unspecified atom stereocenters. The highest BCUT2D eigenvalue weighted by molar-refractivity contribution is 7.89. The maximum Gasteiger partial charge on any atom is 0.240 e. The molecule has 0 aliphatic carbocycles. The van der Waals surface area contributed by atoms with Crippen molar-refractivity contribution in [2.75, 3.05) is 4.90 Å². The Morgan fingerprint density at radius 1 is 0.880 bits per heavy atom. The first-order chi connectivity index (χ1) is 12.0. The maximum absolute atomic E-state index is 12.4. The number of hydrogen-bond donors (Lipinski definition) is 1. The Kier molecular flexibility index (Phi) is 4.96. The van der Waals surface area contributed by atoms with Crippen molar-refractivity contribution in [1.82, 2.24) is 4.72 Å². The molecule has 1 saturated heterocycles. The first kappa shape index (κ1) is 17.3. The van der Waals surface area contributed by atoms with Crippen molar-refractivity contribution in [1.29, 1.82) is 0 Å². The van der Waals surface area contributed by atoms with Gasteiger partial charge in [-0.25, -0.2) is 13.1 Å². The highest BCUT2D eigenvalue weighted by atomic mass is 32.2. The van der Waals surface area contributed by atoms with Gasteiger partial charge in [0, 0.05) is 19.4 Å². The number of sulfonamides is 1. The summed E-state index contributed by atoms with van der Waals surface area (Å²) in [5.41, 5.74) is 1.25. The van der Waals surface area contributed by atoms with E-state index in [0.717, 1.165) is 10.5 Å². The number of benzene rings is 2. The second-order valence-corrected chi connectivity index (χ2v) is 7.55. The molecule has 1 aliphatic rings. The summed E-state index contributed by atoms with van der Waals surface area (Å²) in [6.07, 6.45) is 1.21. The molecule has 25 heavy (non-hydrogen) atoms. The lowest BCUT2D eigenvalue weighted by atomic mass is 10.1. The minimum absolute atomic E-state index is 0.0871. The molecule has 0 radical (unpaired) electrons. The normalized spacial score (nSPS) is 15.4. The van der Waals surface area contributed by atoms with Crippen LogP contribution in [-0.2, 0) is 26.2 Å². The van der Waals surface area contributed by atoms with Gasteiger partial charge in [-0.05, 0) is 36.2 Å². The molecule has 1 N–H and O–H groups in total. The van der Waals surface area contributed by atoms with Gasteiger partial charge >= 0.3 is 0 Å². The molecule has 130 valence electrons. The van der Waals surface area contributed by atoms with Gasteiger partial charge in [0.2, 0.25) is 21.8 Å². The first-order valence-electron chi connectivity index (χ1n) is 7.97. The highest BCUT2D eigenvalue weighted by Gasteiger charge is 2.27. The number of anilines is 1. The molecule has 1 fully saturated rings. The van der Waals surface area contributed by atoms with E-state index in [-0.39, 0.29) is 23.3 Å². The third kappa shape index (κ3) is 3.94. The van der Waals surface area contributed by atoms with Crippen LogP contribution in [0.3, 0.4) is 0 Å². The van der Waals surface area contributed by atoms with Crippen LogP contribution in [0.25, 0.3) is 0 Å². The molecule has 0 saturated carbocycles. The zero-order valence-corrected chi connectivity index (χ0v) is 14.3. The van der Waals surface area contributed by atoms with Crippen molar-refractivity contribution in [3.63, 3.8) is 0 Å². The second-order valence-electron chi connectivity index (χ2n) is 5.78. The fraction of sp³-hybridized carbons (Fsp3) is 0.222. The standard InChI is InChI=1S/C18H18N2O4S/c21-17-7-4-8-18(22)20(17)15-9-11-16(12-10-15)25(23,24)19-13-14-5-2-1-3-6-14/h1-3,5-6,9-12,19H,4,7-8,13H2. The fourth-order valence-corrected chi connectivity index (χ4v) is 3.69. The van der Waals surface area contributed by atoms with Gasteiger partial charge in [-0.15, -0.1) is 0 Å². The molecule has 2 aromatic rings. The number of nitrogens with one attached hydrogen (secondary N) is 1.